The van der Waals surface area contributed by atoms with Crippen LogP contribution < -0.4 is 11.0 Å². The fourth-order valence-electron chi connectivity index (χ4n) is 2.02. The molecule has 9 heteroatoms. The highest BCUT2D eigenvalue weighted by Crippen LogP contribution is 2.00. The molecule has 0 radical (unpaired) electrons. The summed E-state index contributed by atoms with van der Waals surface area (Å²) in [6, 6.07) is 8.99. The van der Waals surface area contributed by atoms with Crippen LogP contribution in [0.3, 0.4) is 0 Å². The lowest BCUT2D eigenvalue weighted by Crippen LogP contribution is -2.32. The molecule has 0 atom stereocenters. The Labute approximate surface area is 137 Å². The number of aryl methyl sites for hydroxylation is 1. The number of nitrogens with one attached hydrogen (secondary N) is 1. The number of nitrogens with zero attached hydrogens (tertiary/aromatic N) is 6. The first-order valence-electron chi connectivity index (χ1n) is 7.30. The van der Waals surface area contributed by atoms with Crippen LogP contribution in [0.4, 0.5) is 0 Å². The fourth-order valence-corrected chi connectivity index (χ4v) is 2.02. The Morgan fingerprint density at radius 2 is 1.92 bits per heavy atom. The number of carbonyl (C=O) groups excluding carboxylic acids is 1. The number of amides is 1. The zero-order chi connectivity index (χ0) is 16.9. The van der Waals surface area contributed by atoms with Crippen LogP contribution in [0, 0.1) is 6.92 Å². The van der Waals surface area contributed by atoms with Gasteiger partial charge in [0.2, 0.25) is 0 Å². The van der Waals surface area contributed by atoms with E-state index in [0.717, 1.165) is 5.69 Å². The average molecular weight is 325 g/mol. The summed E-state index contributed by atoms with van der Waals surface area (Å²) in [6.45, 7) is 2.22. The average Bonchev–Trinajstić information content (AvgIpc) is 2.97. The lowest BCUT2D eigenvalue weighted by atomic mass is 10.3. The Balaban J connectivity index is 1.62. The molecule has 0 fully saturated rings. The predicted molar refractivity (Wildman–Crippen MR) is 84.7 cm³/mol. The minimum absolute atomic E-state index is 0.205. The first-order chi connectivity index (χ1) is 11.6. The van der Waals surface area contributed by atoms with Crippen LogP contribution in [0.1, 0.15) is 16.2 Å². The van der Waals surface area contributed by atoms with Gasteiger partial charge in [0.15, 0.2) is 0 Å². The lowest BCUT2D eigenvalue weighted by molar-refractivity contribution is 0.0946. The molecule has 0 saturated carbocycles. The second-order valence-electron chi connectivity index (χ2n) is 5.03. The van der Waals surface area contributed by atoms with Crippen LogP contribution >= 0.6 is 0 Å². The number of para-hydroxylation sites is 1. The van der Waals surface area contributed by atoms with Gasteiger partial charge in [0, 0.05) is 12.7 Å². The summed E-state index contributed by atoms with van der Waals surface area (Å²) in [5.41, 5.74) is 1.22. The van der Waals surface area contributed by atoms with Crippen LogP contribution in [0.5, 0.6) is 0 Å². The molecule has 0 aliphatic rings. The van der Waals surface area contributed by atoms with Crippen molar-refractivity contribution in [2.45, 2.75) is 13.5 Å². The quantitative estimate of drug-likeness (QED) is 0.705. The van der Waals surface area contributed by atoms with Crippen molar-refractivity contribution >= 4 is 5.91 Å². The van der Waals surface area contributed by atoms with Crippen molar-refractivity contribution in [1.82, 2.24) is 35.1 Å². The van der Waals surface area contributed by atoms with Crippen molar-refractivity contribution in [2.24, 2.45) is 0 Å². The molecule has 0 bridgehead atoms. The van der Waals surface area contributed by atoms with E-state index >= 15 is 0 Å². The Hall–Kier alpha value is -3.36. The number of aromatic nitrogens is 6. The minimum Gasteiger partial charge on any atom is -0.349 e. The molecule has 122 valence electrons. The SMILES string of the molecule is Cc1cnc(C(=O)NCCn2nnn(-c3ccccc3)c2=O)cn1. The van der Waals surface area contributed by atoms with Gasteiger partial charge in [0.05, 0.1) is 24.1 Å². The molecule has 0 spiro atoms. The summed E-state index contributed by atoms with van der Waals surface area (Å²) >= 11 is 0. The zero-order valence-electron chi connectivity index (χ0n) is 13.0. The standard InChI is InChI=1S/C15H15N7O2/c1-11-9-18-13(10-17-11)14(23)16-7-8-21-15(24)22(20-19-21)12-5-3-2-4-6-12/h2-6,9-10H,7-8H2,1H3,(H,16,23). The maximum absolute atomic E-state index is 12.2. The summed E-state index contributed by atoms with van der Waals surface area (Å²) in [4.78, 5) is 32.1. The van der Waals surface area contributed by atoms with Crippen molar-refractivity contribution in [1.29, 1.82) is 0 Å². The third-order valence-electron chi connectivity index (χ3n) is 3.26. The molecule has 1 N–H and O–H groups in total. The van der Waals surface area contributed by atoms with E-state index in [2.05, 4.69) is 25.7 Å². The predicted octanol–water partition coefficient (Wildman–Crippen LogP) is -0.0426. The molecule has 24 heavy (non-hydrogen) atoms. The number of benzene rings is 1. The number of tetrazole rings is 1. The van der Waals surface area contributed by atoms with Crippen molar-refractivity contribution < 1.29 is 4.79 Å². The monoisotopic (exact) mass is 325 g/mol. The zero-order valence-corrected chi connectivity index (χ0v) is 13.0. The third-order valence-corrected chi connectivity index (χ3v) is 3.26. The van der Waals surface area contributed by atoms with Gasteiger partial charge in [-0.2, -0.15) is 9.36 Å². The van der Waals surface area contributed by atoms with E-state index in [1.807, 2.05) is 18.2 Å². The summed E-state index contributed by atoms with van der Waals surface area (Å²) in [5, 5.41) is 10.3. The summed E-state index contributed by atoms with van der Waals surface area (Å²) in [7, 11) is 0. The lowest BCUT2D eigenvalue weighted by Gasteiger charge is -2.03. The smallest absolute Gasteiger partial charge is 0.349 e. The summed E-state index contributed by atoms with van der Waals surface area (Å²) in [6.07, 6.45) is 2.92. The molecule has 2 heterocycles. The molecule has 0 unspecified atom stereocenters. The van der Waals surface area contributed by atoms with E-state index in [-0.39, 0.29) is 30.4 Å². The number of hydrogen-bond donors (Lipinski definition) is 1. The highest BCUT2D eigenvalue weighted by Gasteiger charge is 2.10. The molecule has 3 rings (SSSR count). The van der Waals surface area contributed by atoms with E-state index in [1.54, 1.807) is 19.1 Å². The largest absolute Gasteiger partial charge is 0.368 e. The third kappa shape index (κ3) is 3.35. The van der Waals surface area contributed by atoms with Gasteiger partial charge >= 0.3 is 5.69 Å². The molecule has 9 nitrogen and oxygen atoms in total. The highest BCUT2D eigenvalue weighted by atomic mass is 16.2. The maximum atomic E-state index is 12.2. The van der Waals surface area contributed by atoms with Gasteiger partial charge in [-0.15, -0.1) is 0 Å². The topological polar surface area (TPSA) is 108 Å². The molecule has 2 aromatic heterocycles. The van der Waals surface area contributed by atoms with E-state index in [4.69, 9.17) is 0 Å². The first-order valence-corrected chi connectivity index (χ1v) is 7.30. The van der Waals surface area contributed by atoms with Crippen molar-refractivity contribution in [3.8, 4) is 5.69 Å². The van der Waals surface area contributed by atoms with E-state index in [9.17, 15) is 9.59 Å². The first kappa shape index (κ1) is 15.5. The van der Waals surface area contributed by atoms with Crippen LogP contribution in [-0.4, -0.2) is 42.2 Å². The molecule has 0 aliphatic carbocycles. The van der Waals surface area contributed by atoms with Crippen molar-refractivity contribution in [3.63, 3.8) is 0 Å². The van der Waals surface area contributed by atoms with Crippen molar-refractivity contribution in [3.05, 3.63) is 64.6 Å². The van der Waals surface area contributed by atoms with E-state index in [1.165, 1.54) is 21.8 Å². The number of carbonyl (C=O) groups is 1. The van der Waals surface area contributed by atoms with E-state index in [0.29, 0.717) is 5.69 Å². The molecule has 1 aromatic carbocycles. The van der Waals surface area contributed by atoms with Crippen molar-refractivity contribution in [2.75, 3.05) is 6.54 Å². The second-order valence-corrected chi connectivity index (χ2v) is 5.03. The van der Waals surface area contributed by atoms with E-state index < -0.39 is 0 Å². The molecule has 1 amide bonds. The van der Waals surface area contributed by atoms with Gasteiger partial charge in [-0.3, -0.25) is 9.78 Å². The van der Waals surface area contributed by atoms with Crippen LogP contribution in [0.25, 0.3) is 5.69 Å². The van der Waals surface area contributed by atoms with Gasteiger partial charge in [-0.1, -0.05) is 18.2 Å². The Bertz CT molecular complexity index is 884. The van der Waals surface area contributed by atoms with Gasteiger partial charge in [0.25, 0.3) is 5.91 Å². The summed E-state index contributed by atoms with van der Waals surface area (Å²) in [5.74, 6) is -0.356. The maximum Gasteiger partial charge on any atom is 0.368 e. The minimum atomic E-state index is -0.370. The highest BCUT2D eigenvalue weighted by molar-refractivity contribution is 5.91. The Morgan fingerprint density at radius 1 is 1.12 bits per heavy atom. The molecule has 0 aliphatic heterocycles. The van der Waals surface area contributed by atoms with Gasteiger partial charge in [-0.05, 0) is 29.5 Å². The Morgan fingerprint density at radius 3 is 2.62 bits per heavy atom. The fraction of sp³-hybridized carbons (Fsp3) is 0.200. The molecular formula is C15H15N7O2. The number of rotatable bonds is 5. The Kier molecular flexibility index (Phi) is 4.41. The van der Waals surface area contributed by atoms with Crippen LogP contribution in [0.2, 0.25) is 0 Å². The van der Waals surface area contributed by atoms with Crippen LogP contribution in [-0.2, 0) is 6.54 Å². The second kappa shape index (κ2) is 6.82. The molecule has 3 aromatic rings. The van der Waals surface area contributed by atoms with Crippen LogP contribution in [0.15, 0.2) is 47.5 Å². The normalized spacial score (nSPS) is 10.5. The molecular weight excluding hydrogens is 310 g/mol. The molecule has 0 saturated heterocycles. The number of hydrogen-bond acceptors (Lipinski definition) is 6. The summed E-state index contributed by atoms with van der Waals surface area (Å²) < 4.78 is 2.39. The van der Waals surface area contributed by atoms with Gasteiger partial charge in [-0.25, -0.2) is 9.78 Å². The van der Waals surface area contributed by atoms with Gasteiger partial charge in [0.1, 0.15) is 5.69 Å². The van der Waals surface area contributed by atoms with Gasteiger partial charge < -0.3 is 5.32 Å².